The van der Waals surface area contributed by atoms with Crippen molar-refractivity contribution < 1.29 is 105 Å². The zero-order valence-electron chi connectivity index (χ0n) is 71.2. The Balaban J connectivity index is 1.71. The van der Waals surface area contributed by atoms with E-state index in [1.54, 1.807) is 55.4 Å². The molecule has 0 aromatic heterocycles. The molecular weight excluding hydrogens is 1510 g/mol. The number of esters is 3. The van der Waals surface area contributed by atoms with Crippen molar-refractivity contribution in [3.63, 3.8) is 0 Å². The van der Waals surface area contributed by atoms with Crippen molar-refractivity contribution in [3.05, 3.63) is 96.2 Å². The zero-order valence-corrected chi connectivity index (χ0v) is 71.2. The highest BCUT2D eigenvalue weighted by atomic mass is 16.6. The van der Waals surface area contributed by atoms with Crippen LogP contribution in [0.1, 0.15) is 219 Å². The molecule has 32 nitrogen and oxygen atoms in total. The van der Waals surface area contributed by atoms with Crippen LogP contribution in [0.3, 0.4) is 0 Å². The monoisotopic (exact) mass is 1640 g/mol. The van der Waals surface area contributed by atoms with E-state index in [0.717, 1.165) is 22.3 Å². The molecule has 11 atom stereocenters. The molecule has 4 rings (SSSR count). The van der Waals surface area contributed by atoms with Gasteiger partial charge in [0.1, 0.15) is 80.3 Å². The summed E-state index contributed by atoms with van der Waals surface area (Å²) in [6, 6.07) is 2.14. The van der Waals surface area contributed by atoms with Crippen LogP contribution in [0.25, 0.3) is 11.1 Å². The second kappa shape index (κ2) is 46.0. The minimum Gasteiger partial charge on any atom is -0.480 e. The van der Waals surface area contributed by atoms with Crippen molar-refractivity contribution in [2.45, 2.75) is 285 Å². The van der Waals surface area contributed by atoms with Crippen molar-refractivity contribution in [3.8, 4) is 11.1 Å². The Bertz CT molecular complexity index is 3840. The normalized spacial score (nSPS) is 16.1. The second-order valence-corrected chi connectivity index (χ2v) is 33.8. The molecule has 6 unspecified atom stereocenters. The predicted octanol–water partition coefficient (Wildman–Crippen LogP) is 6.73. The maximum Gasteiger partial charge on any atom is 0.407 e. The van der Waals surface area contributed by atoms with Gasteiger partial charge in [-0.05, 0) is 161 Å². The van der Waals surface area contributed by atoms with Gasteiger partial charge in [-0.2, -0.15) is 0 Å². The Morgan fingerprint density at radius 2 is 0.957 bits per heavy atom. The minimum atomic E-state index is -1.94. The fourth-order valence-electron chi connectivity index (χ4n) is 13.3. The summed E-state index contributed by atoms with van der Waals surface area (Å²) in [5.41, 5.74) is 0.934. The Kier molecular flexibility index (Phi) is 38.9. The van der Waals surface area contributed by atoms with Crippen molar-refractivity contribution in [1.29, 1.82) is 0 Å². The number of nitrogens with one attached hydrogen (secondary N) is 10. The lowest BCUT2D eigenvalue weighted by molar-refractivity contribution is -0.157. The van der Waals surface area contributed by atoms with E-state index < -0.39 is 205 Å². The highest BCUT2D eigenvalue weighted by Gasteiger charge is 2.43. The lowest BCUT2D eigenvalue weighted by Gasteiger charge is -2.35. The third-order valence-electron chi connectivity index (χ3n) is 18.8. The first-order valence-corrected chi connectivity index (χ1v) is 40.0. The maximum absolute atomic E-state index is 14.9. The average molecular weight is 1640 g/mol. The molecule has 0 saturated heterocycles. The third-order valence-corrected chi connectivity index (χ3v) is 18.8. The average Bonchev–Trinajstić information content (AvgIpc) is 1.62. The van der Waals surface area contributed by atoms with Gasteiger partial charge < -0.3 is 86.7 Å². The number of carboxylic acids is 1. The van der Waals surface area contributed by atoms with E-state index in [1.165, 1.54) is 53.7 Å². The van der Waals surface area contributed by atoms with Crippen molar-refractivity contribution >= 4 is 88.8 Å². The number of fused-ring (bicyclic) bond motifs is 3. The highest BCUT2D eigenvalue weighted by Crippen LogP contribution is 2.45. The van der Waals surface area contributed by atoms with Gasteiger partial charge in [0.25, 0.3) is 0 Å². The fraction of sp³-hybridized carbons (Fsp3) is 0.612. The molecule has 648 valence electrons. The van der Waals surface area contributed by atoms with Crippen molar-refractivity contribution in [2.24, 2.45) is 17.3 Å². The van der Waals surface area contributed by atoms with Crippen molar-refractivity contribution in [1.82, 2.24) is 53.2 Å². The number of allylic oxidation sites excluding steroid dienone is 2. The van der Waals surface area contributed by atoms with Crippen LogP contribution in [0.4, 0.5) is 4.79 Å². The summed E-state index contributed by atoms with van der Waals surface area (Å²) in [7, 11) is 0. The number of amides is 9. The summed E-state index contributed by atoms with van der Waals surface area (Å²) < 4.78 is 34.0. The summed E-state index contributed by atoms with van der Waals surface area (Å²) in [5.74, 6) is -14.0. The standard InChI is InChI=1S/C85H126N10O22/c1-21-40-112-66(100)37-35-59(90-75(105)58(34-28-29-39-86-61(42-48(4)5)69-63(96)44-85(19,20)45-64(69)97)92-81(111)114-47-57-55-32-26-24-30-53(55)54-31-25-27-33-56(54)57)74(104)88-50(7)73(103)89-60(36-38-67(101)113-41-22-2)76(106)91-62(43-68(102)117-84(16,17)18)77(107)93-70(49(6)23-3)79(109)95-72(52(9)116-83(13,14)15)80(110)94-71(51(8)115-82(10,11)12)78(108)87-46-65(98)99/h21-22,24-27,30-33,48-52,57-60,62,70-72,86H,1-2,23,28-29,34-47H2,3-20H3,(H,87,108)(H,88,104)(H,89,103)(H,90,105)(H,91,106)(H,92,111)(H,93,107)(H,94,110)(H,95,109)(H,98,99)/t49-,50+,51-,52?,58?,59?,60?,62+,70?,71?,72+/m1/s1. The first-order valence-electron chi connectivity index (χ1n) is 40.0. The number of carbonyl (C=O) groups is 15. The molecule has 0 bridgehead atoms. The van der Waals surface area contributed by atoms with E-state index in [2.05, 4.69) is 66.3 Å². The van der Waals surface area contributed by atoms with Gasteiger partial charge in [0, 0.05) is 43.8 Å². The number of hydrogen-bond acceptors (Lipinski definition) is 22. The number of rotatable bonds is 46. The molecule has 117 heavy (non-hydrogen) atoms. The van der Waals surface area contributed by atoms with Crippen LogP contribution in [-0.4, -0.2) is 204 Å². The molecule has 9 amide bonds. The summed E-state index contributed by atoms with van der Waals surface area (Å²) in [4.78, 5) is 210. The molecule has 0 heterocycles. The number of aliphatic carboxylic acids is 1. The van der Waals surface area contributed by atoms with Gasteiger partial charge in [-0.3, -0.25) is 67.1 Å². The topological polar surface area (TPSA) is 452 Å². The summed E-state index contributed by atoms with van der Waals surface area (Å²) in [6.07, 6.45) is -2.13. The number of carbonyl (C=O) groups excluding carboxylic acids is 14. The number of Topliss-reactive ketones (excluding diaryl/α,β-unsaturated/α-hetero) is 2. The van der Waals surface area contributed by atoms with Crippen LogP contribution in [0.2, 0.25) is 0 Å². The molecule has 2 aliphatic carbocycles. The van der Waals surface area contributed by atoms with Gasteiger partial charge in [0.2, 0.25) is 47.3 Å². The van der Waals surface area contributed by atoms with Crippen LogP contribution in [0.5, 0.6) is 0 Å². The van der Waals surface area contributed by atoms with E-state index in [1.807, 2.05) is 76.2 Å². The van der Waals surface area contributed by atoms with Gasteiger partial charge in [-0.25, -0.2) is 4.79 Å². The van der Waals surface area contributed by atoms with Crippen LogP contribution in [0.15, 0.2) is 85.1 Å². The van der Waals surface area contributed by atoms with Crippen molar-refractivity contribution in [2.75, 3.05) is 32.9 Å². The quantitative estimate of drug-likeness (QED) is 0.00817. The second-order valence-electron chi connectivity index (χ2n) is 33.8. The first kappa shape index (κ1) is 99.0. The van der Waals surface area contributed by atoms with Crippen LogP contribution < -0.4 is 53.2 Å². The Morgan fingerprint density at radius 3 is 1.43 bits per heavy atom. The van der Waals surface area contributed by atoms with E-state index in [9.17, 15) is 77.0 Å². The van der Waals surface area contributed by atoms with Crippen LogP contribution in [0, 0.1) is 17.3 Å². The number of unbranched alkanes of at least 4 members (excludes halogenated alkanes) is 1. The van der Waals surface area contributed by atoms with Crippen LogP contribution >= 0.6 is 0 Å². The molecule has 2 aromatic carbocycles. The third kappa shape index (κ3) is 34.0. The molecular formula is C85H126N10O22. The molecule has 2 aromatic rings. The Morgan fingerprint density at radius 1 is 0.513 bits per heavy atom. The van der Waals surface area contributed by atoms with Gasteiger partial charge in [0.05, 0.1) is 35.4 Å². The molecule has 11 N–H and O–H groups in total. The number of carboxylic acid groups (broad SMARTS) is 1. The molecule has 0 aliphatic heterocycles. The lowest BCUT2D eigenvalue weighted by atomic mass is 9.73. The molecule has 1 fully saturated rings. The summed E-state index contributed by atoms with van der Waals surface area (Å²) in [6.45, 7) is 35.7. The van der Waals surface area contributed by atoms with E-state index in [4.69, 9.17) is 28.4 Å². The smallest absolute Gasteiger partial charge is 0.407 e. The number of benzene rings is 2. The first-order chi connectivity index (χ1) is 54.6. The highest BCUT2D eigenvalue weighted by molar-refractivity contribution is 6.22. The SMILES string of the molecule is C=CCOC(=O)CCC(NC(=O)C(CCCCNC(CC(C)C)=C1C(=O)CC(C)(C)CC1=O)NC(=O)OCC1c2ccccc2-c2ccccc21)C(=O)N[C@@H](C)C(=O)NC(CCC(=O)OCC=C)C(=O)N[C@@H](CC(=O)OC(C)(C)C)C(=O)NC(C(=O)N[C@H](C(=O)NC(C(=O)NCC(=O)O)[C@@H](C)OC(C)(C)C)C(C)OC(C)(C)C)[C@H](C)CC. The number of ketones is 2. The number of alkyl carbamates (subject to hydrolysis) is 1. The van der Waals surface area contributed by atoms with E-state index in [0.29, 0.717) is 18.5 Å². The largest absolute Gasteiger partial charge is 0.480 e. The molecule has 0 spiro atoms. The molecule has 1 saturated carbocycles. The van der Waals surface area contributed by atoms with E-state index in [-0.39, 0.29) is 87.4 Å². The number of hydrogen-bond donors (Lipinski definition) is 11. The maximum atomic E-state index is 14.9. The van der Waals surface area contributed by atoms with Gasteiger partial charge in [-0.1, -0.05) is 122 Å². The summed E-state index contributed by atoms with van der Waals surface area (Å²) in [5, 5.41) is 35.5. The van der Waals surface area contributed by atoms with Gasteiger partial charge in [0.15, 0.2) is 11.6 Å². The molecule has 32 heteroatoms. The predicted molar refractivity (Wildman–Crippen MR) is 434 cm³/mol. The minimum absolute atomic E-state index is 0.0631. The van der Waals surface area contributed by atoms with Crippen LogP contribution in [-0.2, 0) is 95.5 Å². The molecule has 2 aliphatic rings. The van der Waals surface area contributed by atoms with E-state index >= 15 is 0 Å². The fourth-order valence-corrected chi connectivity index (χ4v) is 13.3. The lowest BCUT2D eigenvalue weighted by Crippen LogP contribution is -2.64. The zero-order chi connectivity index (χ0) is 88.0. The van der Waals surface area contributed by atoms with Gasteiger partial charge in [-0.15, -0.1) is 0 Å². The number of ether oxygens (including phenoxy) is 6. The molecule has 0 radical (unpaired) electrons. The van der Waals surface area contributed by atoms with Gasteiger partial charge >= 0.3 is 30.0 Å². The summed E-state index contributed by atoms with van der Waals surface area (Å²) >= 11 is 0. The Labute approximate surface area is 686 Å². The Hall–Kier alpha value is -10.4.